The summed E-state index contributed by atoms with van der Waals surface area (Å²) < 4.78 is 40.7. The monoisotopic (exact) mass is 459 g/mol. The molecule has 0 fully saturated rings. The Bertz CT molecular complexity index is 1240. The average molecular weight is 459 g/mol. The molecule has 1 amide bonds. The van der Waals surface area contributed by atoms with Crippen molar-refractivity contribution in [2.75, 3.05) is 6.61 Å². The molecule has 3 aromatic rings. The van der Waals surface area contributed by atoms with E-state index in [1.807, 2.05) is 0 Å². The second kappa shape index (κ2) is 9.75. The summed E-state index contributed by atoms with van der Waals surface area (Å²) in [5.74, 6) is -0.399. The Morgan fingerprint density at radius 1 is 1.19 bits per heavy atom. The van der Waals surface area contributed by atoms with Crippen molar-refractivity contribution in [2.24, 2.45) is 5.10 Å². The van der Waals surface area contributed by atoms with Gasteiger partial charge in [0.1, 0.15) is 4.90 Å². The van der Waals surface area contributed by atoms with Crippen molar-refractivity contribution in [1.29, 1.82) is 0 Å². The number of carbonyl (C=O) groups is 1. The molecular formula is C20H17N3O8S. The maximum Gasteiger partial charge on any atom is 0.339 e. The van der Waals surface area contributed by atoms with Gasteiger partial charge in [0.25, 0.3) is 5.69 Å². The summed E-state index contributed by atoms with van der Waals surface area (Å²) in [5, 5.41) is 14.6. The first-order valence-electron chi connectivity index (χ1n) is 9.13. The van der Waals surface area contributed by atoms with E-state index in [0.717, 1.165) is 24.3 Å². The molecule has 1 heterocycles. The van der Waals surface area contributed by atoms with Crippen LogP contribution in [0.5, 0.6) is 11.5 Å². The van der Waals surface area contributed by atoms with Gasteiger partial charge in [0.15, 0.2) is 17.3 Å². The molecule has 0 aliphatic carbocycles. The number of hydrogen-bond donors (Lipinski definition) is 1. The Hall–Kier alpha value is -4.19. The molecule has 11 nitrogen and oxygen atoms in total. The first-order valence-corrected chi connectivity index (χ1v) is 10.5. The fourth-order valence-corrected chi connectivity index (χ4v) is 3.41. The van der Waals surface area contributed by atoms with Crippen molar-refractivity contribution in [2.45, 2.75) is 11.8 Å². The molecule has 0 aliphatic heterocycles. The number of rotatable bonds is 9. The predicted octanol–water partition coefficient (Wildman–Crippen LogP) is 3.12. The smallest absolute Gasteiger partial charge is 0.339 e. The summed E-state index contributed by atoms with van der Waals surface area (Å²) in [6, 6.07) is 11.7. The first-order chi connectivity index (χ1) is 15.3. The van der Waals surface area contributed by atoms with Crippen LogP contribution in [0.3, 0.4) is 0 Å². The Labute approximate surface area is 182 Å². The van der Waals surface area contributed by atoms with Crippen molar-refractivity contribution in [3.05, 3.63) is 82.3 Å². The van der Waals surface area contributed by atoms with E-state index in [1.165, 1.54) is 36.7 Å². The summed E-state index contributed by atoms with van der Waals surface area (Å²) in [4.78, 5) is 21.7. The molecule has 0 unspecified atom stereocenters. The minimum Gasteiger partial charge on any atom is -0.490 e. The zero-order valence-corrected chi connectivity index (χ0v) is 17.4. The molecule has 3 rings (SSSR count). The molecule has 166 valence electrons. The van der Waals surface area contributed by atoms with Gasteiger partial charge in [-0.05, 0) is 55.0 Å². The standard InChI is InChI=1S/C20H17N3O8S/c1-2-29-19-12-14(13-21-22-20(24)18-4-3-11-30-18)5-10-17(19)31-32(27,28)16-8-6-15(7-9-16)23(25)26/h3-13H,2H2,1H3,(H,22,24)/b21-13-. The molecule has 0 bridgehead atoms. The van der Waals surface area contributed by atoms with E-state index in [9.17, 15) is 23.3 Å². The van der Waals surface area contributed by atoms with Gasteiger partial charge < -0.3 is 13.3 Å². The van der Waals surface area contributed by atoms with Crippen LogP contribution in [0, 0.1) is 10.1 Å². The summed E-state index contributed by atoms with van der Waals surface area (Å²) in [7, 11) is -4.27. The van der Waals surface area contributed by atoms with E-state index in [2.05, 4.69) is 10.5 Å². The molecule has 0 saturated carbocycles. The molecule has 2 aromatic carbocycles. The lowest BCUT2D eigenvalue weighted by molar-refractivity contribution is -0.384. The number of hydrazone groups is 1. The van der Waals surface area contributed by atoms with Crippen LogP contribution in [-0.4, -0.2) is 32.1 Å². The van der Waals surface area contributed by atoms with Gasteiger partial charge in [-0.2, -0.15) is 13.5 Å². The topological polar surface area (TPSA) is 150 Å². The highest BCUT2D eigenvalue weighted by Crippen LogP contribution is 2.31. The highest BCUT2D eigenvalue weighted by molar-refractivity contribution is 7.87. The van der Waals surface area contributed by atoms with Gasteiger partial charge in [0.2, 0.25) is 0 Å². The van der Waals surface area contributed by atoms with Crippen LogP contribution >= 0.6 is 0 Å². The highest BCUT2D eigenvalue weighted by Gasteiger charge is 2.20. The zero-order chi connectivity index (χ0) is 23.1. The molecule has 0 saturated heterocycles. The normalized spacial score (nSPS) is 11.3. The van der Waals surface area contributed by atoms with Crippen molar-refractivity contribution >= 4 is 27.9 Å². The molecule has 1 N–H and O–H groups in total. The van der Waals surface area contributed by atoms with Crippen molar-refractivity contribution in [1.82, 2.24) is 5.43 Å². The van der Waals surface area contributed by atoms with Gasteiger partial charge in [-0.3, -0.25) is 14.9 Å². The summed E-state index contributed by atoms with van der Waals surface area (Å²) >= 11 is 0. The third-order valence-corrected chi connectivity index (χ3v) is 5.18. The molecule has 0 aliphatic rings. The van der Waals surface area contributed by atoms with Crippen LogP contribution < -0.4 is 14.3 Å². The quantitative estimate of drug-likeness (QED) is 0.222. The summed E-state index contributed by atoms with van der Waals surface area (Å²) in [6.07, 6.45) is 2.69. The number of nitrogens with one attached hydrogen (secondary N) is 1. The number of furan rings is 1. The van der Waals surface area contributed by atoms with Crippen molar-refractivity contribution < 1.29 is 31.5 Å². The maximum atomic E-state index is 12.6. The first kappa shape index (κ1) is 22.5. The lowest BCUT2D eigenvalue weighted by atomic mass is 10.2. The minimum atomic E-state index is -4.27. The summed E-state index contributed by atoms with van der Waals surface area (Å²) in [6.45, 7) is 1.93. The van der Waals surface area contributed by atoms with E-state index in [0.29, 0.717) is 5.56 Å². The molecule has 0 spiro atoms. The van der Waals surface area contributed by atoms with Gasteiger partial charge in [-0.1, -0.05) is 0 Å². The Morgan fingerprint density at radius 3 is 2.56 bits per heavy atom. The third-order valence-electron chi connectivity index (χ3n) is 3.93. The van der Waals surface area contributed by atoms with Gasteiger partial charge in [0, 0.05) is 12.1 Å². The second-order valence-corrected chi connectivity index (χ2v) is 7.65. The van der Waals surface area contributed by atoms with Crippen LogP contribution in [0.2, 0.25) is 0 Å². The van der Waals surface area contributed by atoms with Crippen molar-refractivity contribution in [3.63, 3.8) is 0 Å². The van der Waals surface area contributed by atoms with Gasteiger partial charge in [0.05, 0.1) is 24.0 Å². The second-order valence-electron chi connectivity index (χ2n) is 6.10. The van der Waals surface area contributed by atoms with Crippen LogP contribution in [0.1, 0.15) is 23.0 Å². The average Bonchev–Trinajstić information content (AvgIpc) is 3.31. The Balaban J connectivity index is 1.77. The third kappa shape index (κ3) is 5.49. The number of nitro benzene ring substituents is 1. The highest BCUT2D eigenvalue weighted by atomic mass is 32.2. The number of non-ortho nitro benzene ring substituents is 1. The van der Waals surface area contributed by atoms with Crippen LogP contribution in [0.25, 0.3) is 0 Å². The fourth-order valence-electron chi connectivity index (χ4n) is 2.47. The number of hydrogen-bond acceptors (Lipinski definition) is 9. The Kier molecular flexibility index (Phi) is 6.85. The van der Waals surface area contributed by atoms with Crippen molar-refractivity contribution in [3.8, 4) is 11.5 Å². The minimum absolute atomic E-state index is 0.0815. The predicted molar refractivity (Wildman–Crippen MR) is 112 cm³/mol. The maximum absolute atomic E-state index is 12.6. The zero-order valence-electron chi connectivity index (χ0n) is 16.6. The lowest BCUT2D eigenvalue weighted by Gasteiger charge is -2.12. The van der Waals surface area contributed by atoms with Crippen LogP contribution in [-0.2, 0) is 10.1 Å². The summed E-state index contributed by atoms with van der Waals surface area (Å²) in [5.41, 5.74) is 2.54. The number of amides is 1. The molecule has 0 radical (unpaired) electrons. The number of nitro groups is 1. The number of ether oxygens (including phenoxy) is 1. The Morgan fingerprint density at radius 2 is 1.94 bits per heavy atom. The number of nitrogens with zero attached hydrogens (tertiary/aromatic N) is 2. The number of carbonyl (C=O) groups excluding carboxylic acids is 1. The molecule has 32 heavy (non-hydrogen) atoms. The van der Waals surface area contributed by atoms with Gasteiger partial charge in [-0.15, -0.1) is 0 Å². The largest absolute Gasteiger partial charge is 0.490 e. The lowest BCUT2D eigenvalue weighted by Crippen LogP contribution is -2.16. The molecular weight excluding hydrogens is 442 g/mol. The van der Waals surface area contributed by atoms with Gasteiger partial charge in [-0.25, -0.2) is 5.43 Å². The molecule has 1 aromatic heterocycles. The van der Waals surface area contributed by atoms with E-state index in [1.54, 1.807) is 13.0 Å². The van der Waals surface area contributed by atoms with Gasteiger partial charge >= 0.3 is 16.0 Å². The van der Waals surface area contributed by atoms with E-state index in [-0.39, 0.29) is 34.4 Å². The van der Waals surface area contributed by atoms with E-state index in [4.69, 9.17) is 13.3 Å². The SMILES string of the molecule is CCOc1cc(/C=N\NC(=O)c2ccco2)ccc1OS(=O)(=O)c1ccc([N+](=O)[O-])cc1. The van der Waals surface area contributed by atoms with E-state index < -0.39 is 20.9 Å². The van der Waals surface area contributed by atoms with Crippen LogP contribution in [0.15, 0.2) is 75.3 Å². The molecule has 0 atom stereocenters. The van der Waals surface area contributed by atoms with E-state index >= 15 is 0 Å². The fraction of sp³-hybridized carbons (Fsp3) is 0.100. The molecule has 12 heteroatoms. The van der Waals surface area contributed by atoms with Crippen LogP contribution in [0.4, 0.5) is 5.69 Å². The number of benzene rings is 2.